The van der Waals surface area contributed by atoms with Crippen molar-refractivity contribution in [2.24, 2.45) is 5.84 Å². The van der Waals surface area contributed by atoms with Gasteiger partial charge in [-0.3, -0.25) is 16.2 Å². The van der Waals surface area contributed by atoms with E-state index >= 15 is 0 Å². The molecule has 0 amide bonds. The third kappa shape index (κ3) is 3.12. The van der Waals surface area contributed by atoms with Crippen molar-refractivity contribution in [2.75, 3.05) is 33.7 Å². The van der Waals surface area contributed by atoms with Gasteiger partial charge in [0.25, 0.3) is 0 Å². The fraction of sp³-hybridized carbons (Fsp3) is 0.571. The minimum atomic E-state index is -0.215. The van der Waals surface area contributed by atoms with E-state index < -0.39 is 0 Å². The molecule has 19 heavy (non-hydrogen) atoms. The molecule has 1 heterocycles. The van der Waals surface area contributed by atoms with Crippen molar-refractivity contribution in [3.8, 4) is 0 Å². The second-order valence-electron chi connectivity index (χ2n) is 5.46. The molecule has 0 aromatic heterocycles. The lowest BCUT2D eigenvalue weighted by Crippen LogP contribution is -2.56. The highest BCUT2D eigenvalue weighted by molar-refractivity contribution is 5.31. The Kier molecular flexibility index (Phi) is 4.52. The second-order valence-corrected chi connectivity index (χ2v) is 5.46. The van der Waals surface area contributed by atoms with Gasteiger partial charge in [-0.25, -0.2) is 4.39 Å². The number of hydrogen-bond acceptors (Lipinski definition) is 4. The third-order valence-corrected chi connectivity index (χ3v) is 4.04. The Morgan fingerprint density at radius 1 is 1.37 bits per heavy atom. The number of benzene rings is 1. The number of aryl methyl sites for hydroxylation is 1. The molecule has 1 saturated heterocycles. The van der Waals surface area contributed by atoms with Crippen LogP contribution in [-0.4, -0.2) is 49.6 Å². The Bertz CT molecular complexity index is 437. The zero-order valence-corrected chi connectivity index (χ0v) is 11.9. The molecule has 1 aliphatic heterocycles. The van der Waals surface area contributed by atoms with Crippen molar-refractivity contribution < 1.29 is 4.39 Å². The molecule has 1 aromatic rings. The van der Waals surface area contributed by atoms with E-state index in [9.17, 15) is 4.39 Å². The van der Waals surface area contributed by atoms with Crippen LogP contribution >= 0.6 is 0 Å². The number of likely N-dealkylation sites (N-methyl/N-ethyl adjacent to an activating group) is 2. The Balaban J connectivity index is 2.30. The van der Waals surface area contributed by atoms with Gasteiger partial charge in [-0.1, -0.05) is 6.07 Å². The second kappa shape index (κ2) is 5.96. The monoisotopic (exact) mass is 266 g/mol. The van der Waals surface area contributed by atoms with Crippen LogP contribution < -0.4 is 11.3 Å². The van der Waals surface area contributed by atoms with Crippen molar-refractivity contribution >= 4 is 0 Å². The number of hydrazine groups is 1. The largest absolute Gasteiger partial charge is 0.303 e. The lowest BCUT2D eigenvalue weighted by Gasteiger charge is -2.42. The molecule has 0 saturated carbocycles. The summed E-state index contributed by atoms with van der Waals surface area (Å²) in [7, 11) is 4.20. The summed E-state index contributed by atoms with van der Waals surface area (Å²) in [6.07, 6.45) is 0. The normalized spacial score (nSPS) is 23.5. The van der Waals surface area contributed by atoms with E-state index in [1.807, 2.05) is 13.0 Å². The van der Waals surface area contributed by atoms with Crippen LogP contribution in [0.25, 0.3) is 0 Å². The summed E-state index contributed by atoms with van der Waals surface area (Å²) in [5.74, 6) is 5.53. The van der Waals surface area contributed by atoms with Crippen LogP contribution in [0.2, 0.25) is 0 Å². The molecule has 3 N–H and O–H groups in total. The van der Waals surface area contributed by atoms with Gasteiger partial charge < -0.3 is 4.90 Å². The van der Waals surface area contributed by atoms with Crippen LogP contribution in [0.1, 0.15) is 17.2 Å². The van der Waals surface area contributed by atoms with Gasteiger partial charge in [0.15, 0.2) is 0 Å². The number of hydrogen-bond donors (Lipinski definition) is 2. The fourth-order valence-corrected chi connectivity index (χ4v) is 2.76. The summed E-state index contributed by atoms with van der Waals surface area (Å²) >= 11 is 0. The first-order chi connectivity index (χ1) is 9.02. The van der Waals surface area contributed by atoms with Crippen molar-refractivity contribution in [1.29, 1.82) is 0 Å². The minimum Gasteiger partial charge on any atom is -0.303 e. The average Bonchev–Trinajstić information content (AvgIpc) is 2.38. The van der Waals surface area contributed by atoms with Gasteiger partial charge >= 0.3 is 0 Å². The summed E-state index contributed by atoms with van der Waals surface area (Å²) < 4.78 is 13.5. The van der Waals surface area contributed by atoms with Crippen molar-refractivity contribution in [2.45, 2.75) is 19.0 Å². The van der Waals surface area contributed by atoms with Gasteiger partial charge in [-0.2, -0.15) is 0 Å². The van der Waals surface area contributed by atoms with Crippen LogP contribution in [-0.2, 0) is 0 Å². The Hall–Kier alpha value is -1.01. The third-order valence-electron chi connectivity index (χ3n) is 4.04. The zero-order valence-electron chi connectivity index (χ0n) is 11.9. The predicted molar refractivity (Wildman–Crippen MR) is 75.1 cm³/mol. The number of nitrogens with one attached hydrogen (secondary N) is 1. The van der Waals surface area contributed by atoms with Crippen LogP contribution in [0.15, 0.2) is 18.2 Å². The first-order valence-corrected chi connectivity index (χ1v) is 6.64. The smallest absolute Gasteiger partial charge is 0.123 e. The van der Waals surface area contributed by atoms with Crippen molar-refractivity contribution in [3.05, 3.63) is 35.1 Å². The highest BCUT2D eigenvalue weighted by Crippen LogP contribution is 2.25. The highest BCUT2D eigenvalue weighted by Gasteiger charge is 2.31. The standard InChI is InChI=1S/C14H23FN4/c1-10-4-5-11(15)8-12(10)14(17-16)13-9-18(2)6-7-19(13)3/h4-5,8,13-14,17H,6-7,9,16H2,1-3H3. The van der Waals surface area contributed by atoms with Gasteiger partial charge in [0.1, 0.15) is 5.82 Å². The van der Waals surface area contributed by atoms with E-state index in [0.717, 1.165) is 30.8 Å². The summed E-state index contributed by atoms with van der Waals surface area (Å²) in [6, 6.07) is 5.06. The summed E-state index contributed by atoms with van der Waals surface area (Å²) in [5, 5.41) is 0. The van der Waals surface area contributed by atoms with Gasteiger partial charge in [0, 0.05) is 25.7 Å². The molecule has 106 valence electrons. The maximum absolute atomic E-state index is 13.5. The molecule has 5 heteroatoms. The minimum absolute atomic E-state index is 0.0663. The number of nitrogens with two attached hydrogens (primary N) is 1. The lowest BCUT2D eigenvalue weighted by atomic mass is 9.93. The number of piperazine rings is 1. The Labute approximate surface area is 114 Å². The van der Waals surface area contributed by atoms with Gasteiger partial charge in [-0.05, 0) is 44.3 Å². The van der Waals surface area contributed by atoms with Gasteiger partial charge in [-0.15, -0.1) is 0 Å². The van der Waals surface area contributed by atoms with E-state index in [2.05, 4.69) is 29.3 Å². The Morgan fingerprint density at radius 3 is 2.79 bits per heavy atom. The van der Waals surface area contributed by atoms with Crippen LogP contribution in [0.3, 0.4) is 0 Å². The molecule has 1 aliphatic rings. The van der Waals surface area contributed by atoms with Crippen molar-refractivity contribution in [3.63, 3.8) is 0 Å². The molecule has 0 aliphatic carbocycles. The average molecular weight is 266 g/mol. The predicted octanol–water partition coefficient (Wildman–Crippen LogP) is 0.884. The molecule has 0 radical (unpaired) electrons. The van der Waals surface area contributed by atoms with E-state index in [0.29, 0.717) is 0 Å². The maximum atomic E-state index is 13.5. The first kappa shape index (κ1) is 14.4. The number of nitrogens with zero attached hydrogens (tertiary/aromatic N) is 2. The molecular weight excluding hydrogens is 243 g/mol. The molecule has 2 rings (SSSR count). The first-order valence-electron chi connectivity index (χ1n) is 6.64. The van der Waals surface area contributed by atoms with Crippen LogP contribution in [0, 0.1) is 12.7 Å². The summed E-state index contributed by atoms with van der Waals surface area (Å²) in [6.45, 7) is 4.95. The fourth-order valence-electron chi connectivity index (χ4n) is 2.76. The molecule has 2 unspecified atom stereocenters. The van der Waals surface area contributed by atoms with E-state index in [-0.39, 0.29) is 17.9 Å². The molecule has 2 atom stereocenters. The van der Waals surface area contributed by atoms with Crippen molar-refractivity contribution in [1.82, 2.24) is 15.2 Å². The van der Waals surface area contributed by atoms with Crippen LogP contribution in [0.4, 0.5) is 4.39 Å². The van der Waals surface area contributed by atoms with E-state index in [1.54, 1.807) is 6.07 Å². The highest BCUT2D eigenvalue weighted by atomic mass is 19.1. The maximum Gasteiger partial charge on any atom is 0.123 e. The topological polar surface area (TPSA) is 44.5 Å². The zero-order chi connectivity index (χ0) is 14.0. The molecule has 4 nitrogen and oxygen atoms in total. The number of rotatable bonds is 3. The molecular formula is C14H23FN4. The Morgan fingerprint density at radius 2 is 2.11 bits per heavy atom. The van der Waals surface area contributed by atoms with E-state index in [4.69, 9.17) is 5.84 Å². The van der Waals surface area contributed by atoms with E-state index in [1.165, 1.54) is 6.07 Å². The SMILES string of the molecule is Cc1ccc(F)cc1C(NN)C1CN(C)CCN1C. The van der Waals surface area contributed by atoms with Crippen LogP contribution in [0.5, 0.6) is 0 Å². The molecule has 1 fully saturated rings. The molecule has 0 bridgehead atoms. The van der Waals surface area contributed by atoms with Gasteiger partial charge in [0.05, 0.1) is 6.04 Å². The summed E-state index contributed by atoms with van der Waals surface area (Å²) in [5.41, 5.74) is 4.87. The van der Waals surface area contributed by atoms with Gasteiger partial charge in [0.2, 0.25) is 0 Å². The summed E-state index contributed by atoms with van der Waals surface area (Å²) in [4.78, 5) is 4.57. The lowest BCUT2D eigenvalue weighted by molar-refractivity contribution is 0.0874. The number of halogens is 1. The quantitative estimate of drug-likeness (QED) is 0.630. The molecule has 1 aromatic carbocycles. The molecule has 0 spiro atoms.